The van der Waals surface area contributed by atoms with Crippen molar-refractivity contribution < 1.29 is 0 Å². The van der Waals surface area contributed by atoms with Crippen molar-refractivity contribution in [2.75, 3.05) is 0 Å². The van der Waals surface area contributed by atoms with E-state index in [1.807, 2.05) is 30.9 Å². The summed E-state index contributed by atoms with van der Waals surface area (Å²) in [6, 6.07) is 4.05. The predicted molar refractivity (Wildman–Crippen MR) is 70.8 cm³/mol. The molecular formula is C13H19N5. The molecular weight excluding hydrogens is 226 g/mol. The Morgan fingerprint density at radius 3 is 2.72 bits per heavy atom. The van der Waals surface area contributed by atoms with Crippen LogP contribution in [0.4, 0.5) is 0 Å². The molecule has 0 radical (unpaired) electrons. The number of aryl methyl sites for hydroxylation is 3. The molecule has 2 aromatic rings. The van der Waals surface area contributed by atoms with Gasteiger partial charge in [0.15, 0.2) is 0 Å². The molecule has 0 spiro atoms. The number of nitrogens with zero attached hydrogens (tertiary/aromatic N) is 3. The number of pyridine rings is 1. The fourth-order valence-corrected chi connectivity index (χ4v) is 2.14. The first kappa shape index (κ1) is 12.7. The van der Waals surface area contributed by atoms with E-state index in [-0.39, 0.29) is 6.04 Å². The Morgan fingerprint density at radius 2 is 2.11 bits per heavy atom. The lowest BCUT2D eigenvalue weighted by Gasteiger charge is -2.17. The molecule has 2 heterocycles. The lowest BCUT2D eigenvalue weighted by molar-refractivity contribution is 0.541. The number of rotatable bonds is 4. The molecule has 5 heteroatoms. The molecule has 96 valence electrons. The van der Waals surface area contributed by atoms with Crippen molar-refractivity contribution in [2.24, 2.45) is 5.84 Å². The molecule has 0 bridgehead atoms. The van der Waals surface area contributed by atoms with Crippen molar-refractivity contribution in [3.8, 4) is 0 Å². The van der Waals surface area contributed by atoms with Gasteiger partial charge in [-0.3, -0.25) is 15.5 Å². The van der Waals surface area contributed by atoms with Crippen molar-refractivity contribution in [2.45, 2.75) is 33.4 Å². The van der Waals surface area contributed by atoms with Crippen LogP contribution in [0.1, 0.15) is 35.5 Å². The number of hydrogen-bond donors (Lipinski definition) is 2. The molecule has 0 saturated carbocycles. The van der Waals surface area contributed by atoms with Gasteiger partial charge in [0.2, 0.25) is 0 Å². The van der Waals surface area contributed by atoms with E-state index in [0.29, 0.717) is 0 Å². The van der Waals surface area contributed by atoms with Crippen LogP contribution in [0, 0.1) is 13.8 Å². The zero-order valence-corrected chi connectivity index (χ0v) is 11.0. The van der Waals surface area contributed by atoms with E-state index >= 15 is 0 Å². The van der Waals surface area contributed by atoms with Gasteiger partial charge in [0.05, 0.1) is 17.4 Å². The van der Waals surface area contributed by atoms with Crippen molar-refractivity contribution in [1.29, 1.82) is 0 Å². The van der Waals surface area contributed by atoms with E-state index in [4.69, 9.17) is 5.84 Å². The van der Waals surface area contributed by atoms with Crippen LogP contribution in [-0.2, 0) is 6.54 Å². The molecule has 1 unspecified atom stereocenters. The summed E-state index contributed by atoms with van der Waals surface area (Å²) in [4.78, 5) is 4.22. The number of hydrogen-bond acceptors (Lipinski definition) is 4. The Hall–Kier alpha value is -1.72. The van der Waals surface area contributed by atoms with Gasteiger partial charge >= 0.3 is 0 Å². The zero-order chi connectivity index (χ0) is 13.1. The molecule has 3 N–H and O–H groups in total. The van der Waals surface area contributed by atoms with Crippen LogP contribution in [-0.4, -0.2) is 14.8 Å². The van der Waals surface area contributed by atoms with E-state index in [9.17, 15) is 0 Å². The molecule has 18 heavy (non-hydrogen) atoms. The van der Waals surface area contributed by atoms with Gasteiger partial charge in [0, 0.05) is 18.9 Å². The summed E-state index contributed by atoms with van der Waals surface area (Å²) in [5.74, 6) is 5.70. The molecule has 0 amide bonds. The van der Waals surface area contributed by atoms with E-state index in [1.165, 1.54) is 0 Å². The van der Waals surface area contributed by atoms with Gasteiger partial charge < -0.3 is 0 Å². The molecule has 0 aliphatic carbocycles. The monoisotopic (exact) mass is 245 g/mol. The number of nitrogens with one attached hydrogen (secondary N) is 1. The first-order valence-electron chi connectivity index (χ1n) is 6.07. The average molecular weight is 245 g/mol. The molecule has 5 nitrogen and oxygen atoms in total. The lowest BCUT2D eigenvalue weighted by atomic mass is 10.0. The van der Waals surface area contributed by atoms with E-state index in [1.54, 1.807) is 0 Å². The number of nitrogens with two attached hydrogens (primary N) is 1. The first-order chi connectivity index (χ1) is 8.65. The van der Waals surface area contributed by atoms with Crippen LogP contribution < -0.4 is 11.3 Å². The summed E-state index contributed by atoms with van der Waals surface area (Å²) < 4.78 is 1.96. The second kappa shape index (κ2) is 5.29. The minimum absolute atomic E-state index is 0.0847. The smallest absolute Gasteiger partial charge is 0.0893 e. The fourth-order valence-electron chi connectivity index (χ4n) is 2.14. The van der Waals surface area contributed by atoms with Crippen molar-refractivity contribution in [3.63, 3.8) is 0 Å². The van der Waals surface area contributed by atoms with Crippen molar-refractivity contribution >= 4 is 0 Å². The van der Waals surface area contributed by atoms with Crippen molar-refractivity contribution in [1.82, 2.24) is 20.2 Å². The minimum atomic E-state index is -0.0847. The highest BCUT2D eigenvalue weighted by atomic mass is 15.3. The maximum Gasteiger partial charge on any atom is 0.0893 e. The fraction of sp³-hybridized carbons (Fsp3) is 0.385. The van der Waals surface area contributed by atoms with Gasteiger partial charge in [-0.15, -0.1) is 0 Å². The van der Waals surface area contributed by atoms with Crippen LogP contribution >= 0.6 is 0 Å². The summed E-state index contributed by atoms with van der Waals surface area (Å²) >= 11 is 0. The normalized spacial score (nSPS) is 12.7. The topological polar surface area (TPSA) is 68.8 Å². The third kappa shape index (κ3) is 2.42. The quantitative estimate of drug-likeness (QED) is 0.632. The molecule has 1 atom stereocenters. The molecule has 0 aliphatic rings. The van der Waals surface area contributed by atoms with Crippen LogP contribution in [0.15, 0.2) is 24.5 Å². The summed E-state index contributed by atoms with van der Waals surface area (Å²) in [5.41, 5.74) is 7.07. The van der Waals surface area contributed by atoms with Gasteiger partial charge in [-0.1, -0.05) is 6.07 Å². The molecule has 0 fully saturated rings. The third-order valence-corrected chi connectivity index (χ3v) is 2.92. The Bertz CT molecular complexity index is 532. The molecule has 2 rings (SSSR count). The van der Waals surface area contributed by atoms with Crippen LogP contribution in [0.3, 0.4) is 0 Å². The maximum atomic E-state index is 5.70. The Morgan fingerprint density at radius 1 is 1.33 bits per heavy atom. The second-order valence-electron chi connectivity index (χ2n) is 4.42. The highest BCUT2D eigenvalue weighted by Gasteiger charge is 2.18. The summed E-state index contributed by atoms with van der Waals surface area (Å²) in [5, 5.41) is 4.45. The van der Waals surface area contributed by atoms with Crippen LogP contribution in [0.25, 0.3) is 0 Å². The minimum Gasteiger partial charge on any atom is -0.271 e. The average Bonchev–Trinajstić information content (AvgIpc) is 2.71. The largest absolute Gasteiger partial charge is 0.271 e. The van der Waals surface area contributed by atoms with E-state index in [0.717, 1.165) is 29.1 Å². The highest BCUT2D eigenvalue weighted by Crippen LogP contribution is 2.22. The van der Waals surface area contributed by atoms with Gasteiger partial charge in [-0.05, 0) is 38.0 Å². The molecule has 0 saturated heterocycles. The predicted octanol–water partition coefficient (Wildman–Crippen LogP) is 1.47. The van der Waals surface area contributed by atoms with E-state index < -0.39 is 0 Å². The third-order valence-electron chi connectivity index (χ3n) is 2.92. The lowest BCUT2D eigenvalue weighted by Crippen LogP contribution is -2.30. The number of hydrazine groups is 1. The zero-order valence-electron chi connectivity index (χ0n) is 11.0. The van der Waals surface area contributed by atoms with Gasteiger partial charge in [-0.25, -0.2) is 5.43 Å². The standard InChI is InChI=1S/C13H19N5/c1-4-18-12(6-10(3)17-18)13(16-14)11-5-9(2)7-15-8-11/h5-8,13,16H,4,14H2,1-3H3. The molecule has 2 aromatic heterocycles. The molecule has 0 aliphatic heterocycles. The first-order valence-corrected chi connectivity index (χ1v) is 6.07. The number of aromatic nitrogens is 3. The Labute approximate surface area is 107 Å². The van der Waals surface area contributed by atoms with Gasteiger partial charge in [-0.2, -0.15) is 5.10 Å². The summed E-state index contributed by atoms with van der Waals surface area (Å²) in [7, 11) is 0. The van der Waals surface area contributed by atoms with E-state index in [2.05, 4.69) is 34.6 Å². The second-order valence-corrected chi connectivity index (χ2v) is 4.42. The van der Waals surface area contributed by atoms with Crippen molar-refractivity contribution in [3.05, 3.63) is 47.0 Å². The summed E-state index contributed by atoms with van der Waals surface area (Å²) in [6.45, 7) is 6.89. The summed E-state index contributed by atoms with van der Waals surface area (Å²) in [6.07, 6.45) is 3.67. The highest BCUT2D eigenvalue weighted by molar-refractivity contribution is 5.29. The Kier molecular flexibility index (Phi) is 3.74. The van der Waals surface area contributed by atoms with Crippen LogP contribution in [0.5, 0.6) is 0 Å². The van der Waals surface area contributed by atoms with Crippen LogP contribution in [0.2, 0.25) is 0 Å². The van der Waals surface area contributed by atoms with Gasteiger partial charge in [0.1, 0.15) is 0 Å². The maximum absolute atomic E-state index is 5.70. The SMILES string of the molecule is CCn1nc(C)cc1C(NN)c1cncc(C)c1. The Balaban J connectivity index is 2.44. The van der Waals surface area contributed by atoms with Gasteiger partial charge in [0.25, 0.3) is 0 Å². The molecule has 0 aromatic carbocycles.